The number of hydrogen-bond acceptors (Lipinski definition) is 7. The van der Waals surface area contributed by atoms with Crippen molar-refractivity contribution >= 4 is 34.9 Å². The summed E-state index contributed by atoms with van der Waals surface area (Å²) < 4.78 is 3.36. The monoisotopic (exact) mass is 468 g/mol. The van der Waals surface area contributed by atoms with Crippen LogP contribution in [0.3, 0.4) is 0 Å². The van der Waals surface area contributed by atoms with Crippen LogP contribution in [0.1, 0.15) is 37.8 Å². The first-order valence-electron chi connectivity index (χ1n) is 11.5. The molecule has 0 saturated heterocycles. The van der Waals surface area contributed by atoms with E-state index in [1.165, 1.54) is 17.7 Å². The summed E-state index contributed by atoms with van der Waals surface area (Å²) in [6.45, 7) is 4.87. The molecular weight excluding hydrogens is 440 g/mol. The third kappa shape index (κ3) is 4.31. The molecule has 0 aliphatic carbocycles. The van der Waals surface area contributed by atoms with E-state index in [0.29, 0.717) is 24.0 Å². The highest BCUT2D eigenvalue weighted by molar-refractivity contribution is 7.97. The average Bonchev–Trinajstić information content (AvgIpc) is 3.61. The third-order valence-corrected chi connectivity index (χ3v) is 7.11. The maximum atomic E-state index is 6.07. The number of benzene rings is 2. The Kier molecular flexibility index (Phi) is 6.11. The maximum Gasteiger partial charge on any atom is 0.144 e. The number of rotatable bonds is 7. The molecule has 7 heteroatoms. The van der Waals surface area contributed by atoms with Crippen molar-refractivity contribution in [2.45, 2.75) is 31.6 Å². The van der Waals surface area contributed by atoms with E-state index in [0.717, 1.165) is 57.1 Å². The van der Waals surface area contributed by atoms with E-state index in [1.807, 2.05) is 12.3 Å². The molecule has 2 aromatic rings. The van der Waals surface area contributed by atoms with Crippen LogP contribution in [0.25, 0.3) is 16.8 Å². The number of nitrogens with one attached hydrogen (secondary N) is 1. The molecular formula is C27H28N6S. The highest BCUT2D eigenvalue weighted by atomic mass is 32.2. The lowest BCUT2D eigenvalue weighted by atomic mass is 9.93. The maximum absolute atomic E-state index is 6.07. The Bertz CT molecular complexity index is 1330. The molecule has 2 aromatic carbocycles. The third-order valence-electron chi connectivity index (χ3n) is 6.18. The van der Waals surface area contributed by atoms with Gasteiger partial charge in [-0.05, 0) is 46.7 Å². The molecule has 3 aliphatic rings. The van der Waals surface area contributed by atoms with Crippen LogP contribution < -0.4 is 16.2 Å². The molecule has 0 radical (unpaired) electrons. The molecule has 0 amide bonds. The number of nitrogens with two attached hydrogens (primary N) is 2. The molecule has 5 N–H and O–H groups in total. The van der Waals surface area contributed by atoms with Gasteiger partial charge < -0.3 is 16.2 Å². The van der Waals surface area contributed by atoms with Crippen molar-refractivity contribution in [3.05, 3.63) is 83.3 Å². The normalized spacial score (nSPS) is 17.3. The van der Waals surface area contributed by atoms with Crippen LogP contribution in [-0.4, -0.2) is 23.8 Å². The van der Waals surface area contributed by atoms with E-state index in [1.54, 1.807) is 0 Å². The summed E-state index contributed by atoms with van der Waals surface area (Å²) in [7, 11) is 0. The first-order chi connectivity index (χ1) is 16.5. The SMILES string of the molecule is CC(C)C1=NC(c2cc(C3=NC=CC3)ccc2-c2ccccc2SNC2=C(N)C(N)=NC2)=CC1. The predicted molar refractivity (Wildman–Crippen MR) is 144 cm³/mol. The van der Waals surface area contributed by atoms with Crippen molar-refractivity contribution in [3.8, 4) is 11.1 Å². The van der Waals surface area contributed by atoms with Crippen molar-refractivity contribution in [2.75, 3.05) is 6.54 Å². The molecule has 6 nitrogen and oxygen atoms in total. The van der Waals surface area contributed by atoms with Crippen LogP contribution in [0.15, 0.2) is 92.1 Å². The van der Waals surface area contributed by atoms with Gasteiger partial charge in [0.2, 0.25) is 0 Å². The van der Waals surface area contributed by atoms with E-state index in [4.69, 9.17) is 16.5 Å². The highest BCUT2D eigenvalue weighted by Gasteiger charge is 2.20. The summed E-state index contributed by atoms with van der Waals surface area (Å²) in [6.07, 6.45) is 7.96. The number of amidine groups is 1. The summed E-state index contributed by atoms with van der Waals surface area (Å²) in [5.41, 5.74) is 21.1. The Balaban J connectivity index is 1.54. The minimum absolute atomic E-state index is 0.394. The van der Waals surface area contributed by atoms with Gasteiger partial charge in [-0.2, -0.15) is 0 Å². The number of allylic oxidation sites excluding steroid dienone is 2. The van der Waals surface area contributed by atoms with Crippen LogP contribution in [-0.2, 0) is 0 Å². The smallest absolute Gasteiger partial charge is 0.144 e. The zero-order valence-electron chi connectivity index (χ0n) is 19.4. The summed E-state index contributed by atoms with van der Waals surface area (Å²) in [5.74, 6) is 0.821. The Morgan fingerprint density at radius 1 is 1.00 bits per heavy atom. The van der Waals surface area contributed by atoms with Crippen molar-refractivity contribution < 1.29 is 0 Å². The van der Waals surface area contributed by atoms with Crippen LogP contribution in [0.4, 0.5) is 0 Å². The van der Waals surface area contributed by atoms with Crippen LogP contribution in [0.5, 0.6) is 0 Å². The van der Waals surface area contributed by atoms with Gasteiger partial charge in [0.1, 0.15) is 5.84 Å². The van der Waals surface area contributed by atoms with Crippen LogP contribution in [0, 0.1) is 5.92 Å². The van der Waals surface area contributed by atoms with Crippen molar-refractivity contribution in [2.24, 2.45) is 32.4 Å². The van der Waals surface area contributed by atoms with Crippen LogP contribution >= 0.6 is 11.9 Å². The number of nitrogens with zero attached hydrogens (tertiary/aromatic N) is 3. The average molecular weight is 469 g/mol. The molecule has 0 fully saturated rings. The lowest BCUT2D eigenvalue weighted by Gasteiger charge is -2.16. The van der Waals surface area contributed by atoms with Gasteiger partial charge in [-0.3, -0.25) is 15.0 Å². The summed E-state index contributed by atoms with van der Waals surface area (Å²) in [6, 6.07) is 15.0. The van der Waals surface area contributed by atoms with Gasteiger partial charge in [0.05, 0.1) is 29.3 Å². The Morgan fingerprint density at radius 3 is 2.56 bits per heavy atom. The largest absolute Gasteiger partial charge is 0.394 e. The fourth-order valence-corrected chi connectivity index (χ4v) is 5.02. The summed E-state index contributed by atoms with van der Waals surface area (Å²) >= 11 is 1.53. The standard InChI is InChI=1S/C27H28N6S/c1-16(2)21-11-12-23(32-21)20-14-17(22-7-5-13-30-22)9-10-18(20)19-6-3-4-8-25(19)34-33-24-15-31-27(29)26(24)28/h3-6,8-10,12-14,16,33H,7,11,15,28H2,1-2H3,(H2,29,31). The van der Waals surface area contributed by atoms with Crippen molar-refractivity contribution in [1.82, 2.24) is 4.72 Å². The topological polar surface area (TPSA) is 101 Å². The zero-order valence-corrected chi connectivity index (χ0v) is 20.2. The second kappa shape index (κ2) is 9.35. The van der Waals surface area contributed by atoms with Gasteiger partial charge in [0, 0.05) is 35.2 Å². The Hall–Kier alpha value is -3.58. The first kappa shape index (κ1) is 22.2. The van der Waals surface area contributed by atoms with E-state index < -0.39 is 0 Å². The minimum atomic E-state index is 0.394. The van der Waals surface area contributed by atoms with Gasteiger partial charge in [0.25, 0.3) is 0 Å². The van der Waals surface area contributed by atoms with Crippen LogP contribution in [0.2, 0.25) is 0 Å². The highest BCUT2D eigenvalue weighted by Crippen LogP contribution is 2.38. The van der Waals surface area contributed by atoms with Gasteiger partial charge in [-0.15, -0.1) is 0 Å². The van der Waals surface area contributed by atoms with E-state index in [-0.39, 0.29) is 0 Å². The number of aliphatic imine (C=N–C) groups is 3. The fourth-order valence-electron chi connectivity index (χ4n) is 4.18. The van der Waals surface area contributed by atoms with Gasteiger partial charge in [-0.1, -0.05) is 56.3 Å². The van der Waals surface area contributed by atoms with E-state index in [9.17, 15) is 0 Å². The molecule has 0 spiro atoms. The molecule has 3 aliphatic heterocycles. The number of hydrogen-bond donors (Lipinski definition) is 3. The van der Waals surface area contributed by atoms with Gasteiger partial charge in [-0.25, -0.2) is 0 Å². The summed E-state index contributed by atoms with van der Waals surface area (Å²) in [5, 5.41) is 0. The molecule has 3 heterocycles. The molecule has 0 saturated carbocycles. The lowest BCUT2D eigenvalue weighted by molar-refractivity contribution is 0.873. The molecule has 0 unspecified atom stereocenters. The molecule has 5 rings (SSSR count). The minimum Gasteiger partial charge on any atom is -0.394 e. The molecule has 34 heavy (non-hydrogen) atoms. The van der Waals surface area contributed by atoms with Crippen molar-refractivity contribution in [3.63, 3.8) is 0 Å². The second-order valence-corrected chi connectivity index (χ2v) is 9.62. The quantitative estimate of drug-likeness (QED) is 0.496. The first-order valence-corrected chi connectivity index (χ1v) is 12.3. The molecule has 0 bridgehead atoms. The molecule has 0 aromatic heterocycles. The van der Waals surface area contributed by atoms with Crippen molar-refractivity contribution in [1.29, 1.82) is 0 Å². The predicted octanol–water partition coefficient (Wildman–Crippen LogP) is 5.04. The Morgan fingerprint density at radius 2 is 1.85 bits per heavy atom. The lowest BCUT2D eigenvalue weighted by Crippen LogP contribution is -2.21. The van der Waals surface area contributed by atoms with Gasteiger partial charge in [0.15, 0.2) is 0 Å². The molecule has 0 atom stereocenters. The van der Waals surface area contributed by atoms with E-state index >= 15 is 0 Å². The zero-order chi connectivity index (χ0) is 23.7. The molecule has 172 valence electrons. The summed E-state index contributed by atoms with van der Waals surface area (Å²) in [4.78, 5) is 14.9. The fraction of sp³-hybridized carbons (Fsp3) is 0.222. The van der Waals surface area contributed by atoms with E-state index in [2.05, 4.69) is 77.1 Å². The van der Waals surface area contributed by atoms with Gasteiger partial charge >= 0.3 is 0 Å². The Labute approximate surface area is 204 Å². The second-order valence-electron chi connectivity index (χ2n) is 8.77.